The van der Waals surface area contributed by atoms with Crippen molar-refractivity contribution in [3.63, 3.8) is 0 Å². The van der Waals surface area contributed by atoms with Crippen molar-refractivity contribution in [3.8, 4) is 11.1 Å². The highest BCUT2D eigenvalue weighted by molar-refractivity contribution is 7.98. The van der Waals surface area contributed by atoms with Crippen LogP contribution < -0.4 is 20.9 Å². The first kappa shape index (κ1) is 34.0. The summed E-state index contributed by atoms with van der Waals surface area (Å²) in [5, 5.41) is 9.33. The Morgan fingerprint density at radius 1 is 1.00 bits per heavy atom. The van der Waals surface area contributed by atoms with Crippen LogP contribution in [-0.2, 0) is 40.3 Å². The summed E-state index contributed by atoms with van der Waals surface area (Å²) in [5.41, 5.74) is 5.42. The van der Waals surface area contributed by atoms with Crippen molar-refractivity contribution >= 4 is 35.2 Å². The number of hydrogen-bond donors (Lipinski definition) is 3. The molecule has 1 aliphatic rings. The van der Waals surface area contributed by atoms with E-state index in [9.17, 15) is 14.4 Å². The number of anilines is 1. The van der Waals surface area contributed by atoms with Crippen LogP contribution in [0.5, 0.6) is 0 Å². The highest BCUT2D eigenvalue weighted by Crippen LogP contribution is 2.33. The third-order valence-corrected chi connectivity index (χ3v) is 9.18. The van der Waals surface area contributed by atoms with Gasteiger partial charge in [-0.05, 0) is 98.0 Å². The number of aryl methyl sites for hydroxylation is 1. The van der Waals surface area contributed by atoms with E-state index in [1.54, 1.807) is 18.0 Å². The van der Waals surface area contributed by atoms with Crippen molar-refractivity contribution in [2.24, 2.45) is 0 Å². The van der Waals surface area contributed by atoms with Crippen LogP contribution in [0.25, 0.3) is 11.1 Å². The van der Waals surface area contributed by atoms with Crippen molar-refractivity contribution in [2.45, 2.75) is 76.0 Å². The fourth-order valence-corrected chi connectivity index (χ4v) is 6.45. The van der Waals surface area contributed by atoms with Gasteiger partial charge in [0.2, 0.25) is 17.7 Å². The van der Waals surface area contributed by atoms with Gasteiger partial charge in [-0.25, -0.2) is 0 Å². The molecule has 0 fully saturated rings. The Bertz CT molecular complexity index is 1680. The number of rotatable bonds is 13. The van der Waals surface area contributed by atoms with E-state index in [2.05, 4.69) is 22.0 Å². The molecule has 3 N–H and O–H groups in total. The van der Waals surface area contributed by atoms with Gasteiger partial charge in [0.25, 0.3) is 0 Å². The van der Waals surface area contributed by atoms with Crippen LogP contribution in [0.4, 0.5) is 5.69 Å². The standard InChI is InChI=1S/C38H44N4O4S/c1-5-39-35(43)22-28-9-6-7-11-32(28)27-14-12-26(13-15-27)25-42-34-19-17-31(47-4)21-29(34)16-18-33(37(42)45)41-36(44)23-38(2,3)40-24-30-10-8-20-46-30/h6-15,17,19-21,33,40H,5,16,18,22-25H2,1-4H3,(H,39,43)(H,41,44)/t33-/m1/s1. The first-order valence-electron chi connectivity index (χ1n) is 16.1. The minimum atomic E-state index is -0.645. The van der Waals surface area contributed by atoms with Gasteiger partial charge in [-0.1, -0.05) is 48.5 Å². The number of hydrogen-bond acceptors (Lipinski definition) is 6. The topological polar surface area (TPSA) is 104 Å². The van der Waals surface area contributed by atoms with Gasteiger partial charge in [0.15, 0.2) is 0 Å². The molecule has 246 valence electrons. The third kappa shape index (κ3) is 8.93. The molecule has 2 heterocycles. The average Bonchev–Trinajstić information content (AvgIpc) is 3.55. The smallest absolute Gasteiger partial charge is 0.249 e. The number of carbonyl (C=O) groups excluding carboxylic acids is 3. The summed E-state index contributed by atoms with van der Waals surface area (Å²) in [4.78, 5) is 42.8. The van der Waals surface area contributed by atoms with Gasteiger partial charge in [-0.2, -0.15) is 0 Å². The normalized spacial score (nSPS) is 14.8. The summed E-state index contributed by atoms with van der Waals surface area (Å²) in [7, 11) is 0. The molecule has 9 heteroatoms. The van der Waals surface area contributed by atoms with Gasteiger partial charge in [0.1, 0.15) is 11.8 Å². The third-order valence-electron chi connectivity index (χ3n) is 8.45. The molecule has 1 aliphatic heterocycles. The summed E-state index contributed by atoms with van der Waals surface area (Å²) >= 11 is 1.67. The summed E-state index contributed by atoms with van der Waals surface area (Å²) in [6.07, 6.45) is 5.40. The van der Waals surface area contributed by atoms with Crippen LogP contribution in [0.2, 0.25) is 0 Å². The molecule has 0 saturated carbocycles. The van der Waals surface area contributed by atoms with Crippen molar-refractivity contribution in [1.29, 1.82) is 0 Å². The Morgan fingerprint density at radius 2 is 1.79 bits per heavy atom. The summed E-state index contributed by atoms with van der Waals surface area (Å²) < 4.78 is 5.42. The Balaban J connectivity index is 1.33. The molecular formula is C38H44N4O4S. The van der Waals surface area contributed by atoms with Crippen molar-refractivity contribution in [1.82, 2.24) is 16.0 Å². The van der Waals surface area contributed by atoms with Crippen LogP contribution in [0, 0.1) is 0 Å². The van der Waals surface area contributed by atoms with Crippen molar-refractivity contribution in [3.05, 3.63) is 108 Å². The molecule has 1 atom stereocenters. The maximum Gasteiger partial charge on any atom is 0.249 e. The summed E-state index contributed by atoms with van der Waals surface area (Å²) in [6.45, 7) is 7.33. The molecule has 0 unspecified atom stereocenters. The zero-order valence-electron chi connectivity index (χ0n) is 27.6. The lowest BCUT2D eigenvalue weighted by atomic mass is 9.96. The Labute approximate surface area is 281 Å². The number of amides is 3. The van der Waals surface area contributed by atoms with Crippen LogP contribution in [0.3, 0.4) is 0 Å². The zero-order valence-corrected chi connectivity index (χ0v) is 28.4. The monoisotopic (exact) mass is 652 g/mol. The van der Waals surface area contributed by atoms with E-state index in [0.29, 0.717) is 38.9 Å². The Kier molecular flexibility index (Phi) is 11.2. The van der Waals surface area contributed by atoms with E-state index in [0.717, 1.165) is 44.2 Å². The van der Waals surface area contributed by atoms with Gasteiger partial charge in [0, 0.05) is 29.1 Å². The predicted octanol–water partition coefficient (Wildman–Crippen LogP) is 6.27. The average molecular weight is 653 g/mol. The molecule has 3 aromatic carbocycles. The van der Waals surface area contributed by atoms with E-state index < -0.39 is 11.6 Å². The van der Waals surface area contributed by atoms with Gasteiger partial charge in [-0.3, -0.25) is 14.4 Å². The minimum Gasteiger partial charge on any atom is -0.468 e. The van der Waals surface area contributed by atoms with E-state index in [4.69, 9.17) is 4.42 Å². The zero-order chi connectivity index (χ0) is 33.4. The molecule has 1 aromatic heterocycles. The predicted molar refractivity (Wildman–Crippen MR) is 188 cm³/mol. The second-order valence-corrected chi connectivity index (χ2v) is 13.4. The summed E-state index contributed by atoms with van der Waals surface area (Å²) in [6, 6.07) is 25.4. The first-order chi connectivity index (χ1) is 22.7. The maximum absolute atomic E-state index is 14.2. The largest absolute Gasteiger partial charge is 0.468 e. The second kappa shape index (κ2) is 15.5. The van der Waals surface area contributed by atoms with Gasteiger partial charge in [0.05, 0.1) is 25.8 Å². The van der Waals surface area contributed by atoms with Crippen LogP contribution in [0.1, 0.15) is 56.1 Å². The van der Waals surface area contributed by atoms with Gasteiger partial charge >= 0.3 is 0 Å². The Morgan fingerprint density at radius 3 is 2.51 bits per heavy atom. The number of carbonyl (C=O) groups is 3. The number of thioether (sulfide) groups is 1. The molecule has 0 bridgehead atoms. The molecular weight excluding hydrogens is 609 g/mol. The molecule has 0 radical (unpaired) electrons. The lowest BCUT2D eigenvalue weighted by Crippen LogP contribution is -2.50. The van der Waals surface area contributed by atoms with Crippen LogP contribution in [0.15, 0.2) is 94.4 Å². The van der Waals surface area contributed by atoms with Gasteiger partial charge in [-0.15, -0.1) is 11.8 Å². The van der Waals surface area contributed by atoms with E-state index >= 15 is 0 Å². The number of nitrogens with one attached hydrogen (secondary N) is 3. The highest BCUT2D eigenvalue weighted by atomic mass is 32.2. The highest BCUT2D eigenvalue weighted by Gasteiger charge is 2.33. The van der Waals surface area contributed by atoms with E-state index in [-0.39, 0.29) is 24.1 Å². The number of benzene rings is 3. The molecule has 47 heavy (non-hydrogen) atoms. The minimum absolute atomic E-state index is 0.00473. The van der Waals surface area contributed by atoms with Crippen LogP contribution in [-0.4, -0.2) is 42.1 Å². The fraction of sp³-hybridized carbons (Fsp3) is 0.342. The molecule has 0 spiro atoms. The number of nitrogens with zero attached hydrogens (tertiary/aromatic N) is 1. The van der Waals surface area contributed by atoms with E-state index in [1.165, 1.54) is 0 Å². The molecule has 4 aromatic rings. The quantitative estimate of drug-likeness (QED) is 0.147. The SMILES string of the molecule is CCNC(=O)Cc1ccccc1-c1ccc(CN2C(=O)[C@H](NC(=O)CC(C)(C)NCc3ccco3)CCc3cc(SC)ccc32)cc1. The van der Waals surface area contributed by atoms with E-state index in [1.807, 2.05) is 105 Å². The lowest BCUT2D eigenvalue weighted by Gasteiger charge is -2.29. The summed E-state index contributed by atoms with van der Waals surface area (Å²) in [5.74, 6) is 0.500. The van der Waals surface area contributed by atoms with Crippen molar-refractivity contribution in [2.75, 3.05) is 17.7 Å². The first-order valence-corrected chi connectivity index (χ1v) is 17.4. The molecule has 8 nitrogen and oxygen atoms in total. The molecule has 3 amide bonds. The van der Waals surface area contributed by atoms with Crippen LogP contribution >= 0.6 is 11.8 Å². The lowest BCUT2D eigenvalue weighted by molar-refractivity contribution is -0.128. The molecule has 0 aliphatic carbocycles. The number of likely N-dealkylation sites (N-methyl/N-ethyl adjacent to an activating group) is 1. The molecule has 0 saturated heterocycles. The second-order valence-electron chi connectivity index (χ2n) is 12.6. The van der Waals surface area contributed by atoms with Crippen molar-refractivity contribution < 1.29 is 18.8 Å². The number of furan rings is 1. The maximum atomic E-state index is 14.2. The fourth-order valence-electron chi connectivity index (χ4n) is 5.99. The van der Waals surface area contributed by atoms with Gasteiger partial charge < -0.3 is 25.3 Å². The molecule has 5 rings (SSSR count). The Hall–Kier alpha value is -4.34. The number of fused-ring (bicyclic) bond motifs is 1.